The van der Waals surface area contributed by atoms with E-state index < -0.39 is 11.6 Å². The van der Waals surface area contributed by atoms with E-state index in [1.807, 2.05) is 25.1 Å². The monoisotopic (exact) mass is 729 g/mol. The van der Waals surface area contributed by atoms with Crippen molar-refractivity contribution in [2.75, 3.05) is 65.3 Å². The molecule has 2 aromatic heterocycles. The number of anilines is 2. The fraction of sp³-hybridized carbons (Fsp3) is 0.500. The van der Waals surface area contributed by atoms with Gasteiger partial charge in [-0.1, -0.05) is 6.92 Å². The van der Waals surface area contributed by atoms with Crippen LogP contribution < -0.4 is 20.7 Å². The Bertz CT molecular complexity index is 1970. The molecule has 0 radical (unpaired) electrons. The third-order valence-electron chi connectivity index (χ3n) is 11.7. The first-order chi connectivity index (χ1) is 25.6. The number of methoxy groups -OCH3 is 1. The van der Waals surface area contributed by atoms with E-state index in [1.54, 1.807) is 16.8 Å². The van der Waals surface area contributed by atoms with Gasteiger partial charge in [-0.25, -0.2) is 14.4 Å². The Labute approximate surface area is 309 Å². The molecule has 3 aliphatic rings. The van der Waals surface area contributed by atoms with Crippen LogP contribution in [0.25, 0.3) is 16.9 Å². The van der Waals surface area contributed by atoms with Crippen LogP contribution in [-0.4, -0.2) is 102 Å². The maximum atomic E-state index is 14.9. The smallest absolute Gasteiger partial charge is 0.251 e. The zero-order valence-corrected chi connectivity index (χ0v) is 31.1. The van der Waals surface area contributed by atoms with E-state index in [0.717, 1.165) is 74.4 Å². The molecule has 3 aliphatic heterocycles. The largest absolute Gasteiger partial charge is 0.494 e. The van der Waals surface area contributed by atoms with Crippen LogP contribution in [0.4, 0.5) is 20.3 Å². The van der Waals surface area contributed by atoms with Gasteiger partial charge < -0.3 is 30.1 Å². The van der Waals surface area contributed by atoms with Crippen LogP contribution in [0, 0.1) is 29.4 Å². The fourth-order valence-electron chi connectivity index (χ4n) is 8.49. The number of rotatable bonds is 11. The van der Waals surface area contributed by atoms with Crippen molar-refractivity contribution in [2.45, 2.75) is 52.0 Å². The number of halogens is 2. The van der Waals surface area contributed by atoms with Gasteiger partial charge in [0.2, 0.25) is 11.7 Å². The van der Waals surface area contributed by atoms with E-state index >= 15 is 0 Å². The molecule has 2 aromatic carbocycles. The first-order valence-corrected chi connectivity index (χ1v) is 18.9. The number of fused-ring (bicyclic) bond motifs is 1. The molecule has 7 rings (SSSR count). The van der Waals surface area contributed by atoms with E-state index in [4.69, 9.17) is 4.74 Å². The number of nitrogens with zero attached hydrogens (tertiary/aromatic N) is 5. The minimum Gasteiger partial charge on any atom is -0.494 e. The summed E-state index contributed by atoms with van der Waals surface area (Å²) in [6.45, 7) is 11.1. The highest BCUT2D eigenvalue weighted by Crippen LogP contribution is 2.33. The summed E-state index contributed by atoms with van der Waals surface area (Å²) in [4.78, 5) is 38.1. The Morgan fingerprint density at radius 2 is 1.85 bits per heavy atom. The normalized spacial score (nSPS) is 23.4. The number of aryl methyl sites for hydroxylation is 1. The van der Waals surface area contributed by atoms with Crippen molar-refractivity contribution < 1.29 is 27.6 Å². The number of likely N-dealkylation sites (tertiary alicyclic amines) is 2. The van der Waals surface area contributed by atoms with E-state index in [9.17, 15) is 18.4 Å². The summed E-state index contributed by atoms with van der Waals surface area (Å²) in [5.74, 6) is -0.436. The standard InChI is InChI=1S/C40H50F2N8O3/c1-5-28-19-30(47-37-38-45-23-33(49(38)15-13-44-37)32-8-9-34(53-4)36(42)35(32)41)6-7-31(28)39(51)46-22-26-10-14-48(25(2)18-26)40(52)29-11-16-50(3,17-12-29)24-27-20-43-21-27/h6-9,13,15,19,23,25-27,29,43H,5,10-12,14,16-18,20-22,24H2,1-4H3,(H-,44,46,47,51)/p+1. The van der Waals surface area contributed by atoms with Crippen LogP contribution >= 0.6 is 0 Å². The molecule has 2 atom stereocenters. The summed E-state index contributed by atoms with van der Waals surface area (Å²) in [6, 6.07) is 8.54. The third kappa shape index (κ3) is 7.59. The number of aromatic nitrogens is 3. The highest BCUT2D eigenvalue weighted by atomic mass is 19.2. The second kappa shape index (κ2) is 15.4. The number of hydrogen-bond acceptors (Lipinski definition) is 7. The Hall–Kier alpha value is -4.62. The molecular formula is C40H51F2N8O3+. The number of nitrogens with one attached hydrogen (secondary N) is 3. The van der Waals surface area contributed by atoms with E-state index in [-0.39, 0.29) is 29.2 Å². The van der Waals surface area contributed by atoms with E-state index in [1.165, 1.54) is 32.0 Å². The van der Waals surface area contributed by atoms with Crippen LogP contribution in [0.5, 0.6) is 5.75 Å². The summed E-state index contributed by atoms with van der Waals surface area (Å²) < 4.78 is 37.1. The number of ether oxygens (including phenoxy) is 1. The van der Waals surface area contributed by atoms with Gasteiger partial charge in [-0.2, -0.15) is 4.39 Å². The molecule has 13 heteroatoms. The predicted octanol–water partition coefficient (Wildman–Crippen LogP) is 5.42. The van der Waals surface area contributed by atoms with Gasteiger partial charge in [-0.15, -0.1) is 0 Å². The maximum absolute atomic E-state index is 14.9. The number of carbonyl (C=O) groups is 2. The van der Waals surface area contributed by atoms with Crippen molar-refractivity contribution in [1.82, 2.24) is 29.9 Å². The third-order valence-corrected chi connectivity index (χ3v) is 11.7. The summed E-state index contributed by atoms with van der Waals surface area (Å²) >= 11 is 0. The number of imidazole rings is 1. The number of carbonyl (C=O) groups excluding carboxylic acids is 2. The Kier molecular flexibility index (Phi) is 10.7. The van der Waals surface area contributed by atoms with Crippen LogP contribution in [0.1, 0.15) is 55.5 Å². The summed E-state index contributed by atoms with van der Waals surface area (Å²) in [5, 5.41) is 9.84. The lowest BCUT2D eigenvalue weighted by Gasteiger charge is -2.45. The van der Waals surface area contributed by atoms with Crippen LogP contribution in [0.3, 0.4) is 0 Å². The summed E-state index contributed by atoms with van der Waals surface area (Å²) in [6.07, 6.45) is 9.00. The quantitative estimate of drug-likeness (QED) is 0.177. The topological polar surface area (TPSA) is 113 Å². The van der Waals surface area contributed by atoms with Gasteiger partial charge in [0.05, 0.1) is 45.7 Å². The van der Waals surface area contributed by atoms with Crippen LogP contribution in [-0.2, 0) is 11.2 Å². The molecule has 0 aliphatic carbocycles. The second-order valence-corrected chi connectivity index (χ2v) is 15.4. The van der Waals surface area contributed by atoms with Crippen molar-refractivity contribution in [3.63, 3.8) is 0 Å². The van der Waals surface area contributed by atoms with Crippen LogP contribution in [0.15, 0.2) is 48.9 Å². The lowest BCUT2D eigenvalue weighted by atomic mass is 9.87. The van der Waals surface area contributed by atoms with E-state index in [0.29, 0.717) is 53.2 Å². The molecule has 3 saturated heterocycles. The molecule has 5 heterocycles. The maximum Gasteiger partial charge on any atom is 0.251 e. The zero-order chi connectivity index (χ0) is 37.3. The minimum atomic E-state index is -1.07. The molecule has 2 amide bonds. The van der Waals surface area contributed by atoms with Gasteiger partial charge in [0.1, 0.15) is 0 Å². The first kappa shape index (κ1) is 36.7. The Morgan fingerprint density at radius 3 is 2.55 bits per heavy atom. The van der Waals surface area contributed by atoms with Crippen molar-refractivity contribution >= 4 is 29.0 Å². The highest BCUT2D eigenvalue weighted by molar-refractivity contribution is 5.96. The molecule has 0 saturated carbocycles. The van der Waals surface area contributed by atoms with Crippen molar-refractivity contribution in [3.05, 3.63) is 71.7 Å². The second-order valence-electron chi connectivity index (χ2n) is 15.4. The van der Waals surface area contributed by atoms with Gasteiger partial charge in [-0.3, -0.25) is 14.0 Å². The van der Waals surface area contributed by atoms with Gasteiger partial charge in [0.25, 0.3) is 5.91 Å². The molecule has 2 unspecified atom stereocenters. The molecule has 11 nitrogen and oxygen atoms in total. The number of piperidine rings is 2. The van der Waals surface area contributed by atoms with Crippen molar-refractivity contribution in [1.29, 1.82) is 0 Å². The van der Waals surface area contributed by atoms with Gasteiger partial charge >= 0.3 is 0 Å². The number of quaternary nitrogens is 1. The molecule has 282 valence electrons. The lowest BCUT2D eigenvalue weighted by molar-refractivity contribution is -0.918. The van der Waals surface area contributed by atoms with Crippen LogP contribution in [0.2, 0.25) is 0 Å². The SMILES string of the molecule is CCc1cc(Nc2nccn3c(-c4ccc(OC)c(F)c4F)cnc23)ccc1C(=O)NCC1CCN(C(=O)C2CC[N+](C)(CC3CNC3)CC2)C(C)C1. The van der Waals surface area contributed by atoms with Crippen molar-refractivity contribution in [3.8, 4) is 17.0 Å². The summed E-state index contributed by atoms with van der Waals surface area (Å²) in [7, 11) is 3.64. The first-order valence-electron chi connectivity index (χ1n) is 18.9. The number of amides is 2. The minimum absolute atomic E-state index is 0.0454. The van der Waals surface area contributed by atoms with Gasteiger partial charge in [0.15, 0.2) is 23.0 Å². The summed E-state index contributed by atoms with van der Waals surface area (Å²) in [5.41, 5.74) is 3.04. The Balaban J connectivity index is 0.940. The van der Waals surface area contributed by atoms with Crippen molar-refractivity contribution in [2.24, 2.45) is 17.8 Å². The highest BCUT2D eigenvalue weighted by Gasteiger charge is 2.39. The Morgan fingerprint density at radius 1 is 1.06 bits per heavy atom. The predicted molar refractivity (Wildman–Crippen MR) is 200 cm³/mol. The van der Waals surface area contributed by atoms with Gasteiger partial charge in [0, 0.05) is 86.1 Å². The zero-order valence-electron chi connectivity index (χ0n) is 31.1. The lowest BCUT2D eigenvalue weighted by Crippen LogP contribution is -2.59. The molecule has 0 bridgehead atoms. The number of benzene rings is 2. The average Bonchev–Trinajstić information content (AvgIpc) is 3.58. The molecule has 4 aromatic rings. The fourth-order valence-corrected chi connectivity index (χ4v) is 8.49. The molecule has 3 N–H and O–H groups in total. The molecular weight excluding hydrogens is 678 g/mol. The molecule has 53 heavy (non-hydrogen) atoms. The average molecular weight is 730 g/mol. The van der Waals surface area contributed by atoms with E-state index in [2.05, 4.69) is 44.8 Å². The number of hydrogen-bond donors (Lipinski definition) is 3. The molecule has 0 spiro atoms. The molecule has 3 fully saturated rings. The van der Waals surface area contributed by atoms with Gasteiger partial charge in [-0.05, 0) is 68.0 Å².